The average molecular weight is 984 g/mol. The Morgan fingerprint density at radius 3 is 1.30 bits per heavy atom. The summed E-state index contributed by atoms with van der Waals surface area (Å²) in [6.45, 7) is 15.9. The Bertz CT molecular complexity index is 3690. The largest absolute Gasteiger partial charge is 0.309 e. The van der Waals surface area contributed by atoms with E-state index in [2.05, 4.69) is 307 Å². The van der Waals surface area contributed by atoms with E-state index < -0.39 is 5.41 Å². The molecule has 366 valence electrons. The standard InChI is InChI=1S/C73H60B3N/c1-7-27-60-58(8-2)59-38-26-43-69(70(59)72(60,5)6)77-67-41-23-21-39-61(67)73(62-40-22-24-42-68(62)77)63-48-56(74(52-30-13-9-14-31-52)53-32-15-10-16-33-53)44-46-65(63)76(71-50(3)28-25-29-51(71)4)66-47-45-57(49-64(66)73)75(54-34-17-11-18-35-54)55-36-19-12-20-37-55/h7-49H,2H2,1,3-6H3/b27-7-. The molecule has 4 heteroatoms. The van der Waals surface area contributed by atoms with E-state index in [1.54, 1.807) is 0 Å². The zero-order valence-electron chi connectivity index (χ0n) is 44.7. The van der Waals surface area contributed by atoms with Gasteiger partial charge in [0.1, 0.15) is 0 Å². The first-order chi connectivity index (χ1) is 37.7. The van der Waals surface area contributed by atoms with Crippen molar-refractivity contribution in [2.75, 3.05) is 4.90 Å². The highest BCUT2D eigenvalue weighted by atomic mass is 15.2. The number of aryl methyl sites for hydroxylation is 2. The van der Waals surface area contributed by atoms with Crippen molar-refractivity contribution < 1.29 is 0 Å². The summed E-state index contributed by atoms with van der Waals surface area (Å²) in [6.07, 6.45) is 6.53. The fourth-order valence-corrected chi connectivity index (χ4v) is 14.3. The monoisotopic (exact) mass is 984 g/mol. The van der Waals surface area contributed by atoms with Gasteiger partial charge in [-0.1, -0.05) is 323 Å². The van der Waals surface area contributed by atoms with Gasteiger partial charge in [0.25, 0.3) is 0 Å². The molecule has 0 N–H and O–H groups in total. The molecule has 0 bridgehead atoms. The molecular weight excluding hydrogens is 923 g/mol. The summed E-state index contributed by atoms with van der Waals surface area (Å²) in [7, 11) is 0. The topological polar surface area (TPSA) is 3.24 Å². The number of hydrogen-bond donors (Lipinski definition) is 0. The Hall–Kier alpha value is -8.59. The van der Waals surface area contributed by atoms with Crippen LogP contribution in [0.2, 0.25) is 0 Å². The molecule has 10 aromatic rings. The molecule has 0 aromatic heterocycles. The van der Waals surface area contributed by atoms with Crippen LogP contribution in [-0.4, -0.2) is 20.1 Å². The molecule has 2 aliphatic heterocycles. The van der Waals surface area contributed by atoms with Crippen LogP contribution in [0.15, 0.2) is 273 Å². The molecule has 3 aliphatic rings. The summed E-state index contributed by atoms with van der Waals surface area (Å²) < 4.78 is 0. The minimum absolute atomic E-state index is 0.00990. The van der Waals surface area contributed by atoms with Crippen LogP contribution in [0.4, 0.5) is 17.1 Å². The minimum atomic E-state index is -0.780. The third kappa shape index (κ3) is 7.48. The van der Waals surface area contributed by atoms with E-state index in [1.807, 2.05) is 0 Å². The minimum Gasteiger partial charge on any atom is -0.309 e. The smallest absolute Gasteiger partial charge is 0.242 e. The maximum Gasteiger partial charge on any atom is 0.242 e. The van der Waals surface area contributed by atoms with E-state index in [9.17, 15) is 0 Å². The van der Waals surface area contributed by atoms with Crippen molar-refractivity contribution in [3.05, 3.63) is 318 Å². The lowest BCUT2D eigenvalue weighted by Gasteiger charge is -2.51. The number of nitrogens with zero attached hydrogens (tertiary/aromatic N) is 1. The third-order valence-electron chi connectivity index (χ3n) is 17.4. The fourth-order valence-electron chi connectivity index (χ4n) is 14.3. The van der Waals surface area contributed by atoms with Crippen molar-refractivity contribution in [1.82, 2.24) is 0 Å². The zero-order chi connectivity index (χ0) is 52.4. The Morgan fingerprint density at radius 2 is 0.857 bits per heavy atom. The van der Waals surface area contributed by atoms with Gasteiger partial charge in [-0.15, -0.1) is 0 Å². The zero-order valence-corrected chi connectivity index (χ0v) is 44.7. The van der Waals surface area contributed by atoms with Crippen LogP contribution in [0.25, 0.3) is 5.57 Å². The second-order valence-electron chi connectivity index (χ2n) is 21.9. The normalized spacial score (nSPS) is 14.4. The molecule has 1 aliphatic carbocycles. The molecule has 77 heavy (non-hydrogen) atoms. The molecule has 13 rings (SSSR count). The van der Waals surface area contributed by atoms with E-state index in [0.29, 0.717) is 0 Å². The highest BCUT2D eigenvalue weighted by Crippen LogP contribution is 2.60. The van der Waals surface area contributed by atoms with Crippen molar-refractivity contribution in [1.29, 1.82) is 0 Å². The number of rotatable bonds is 10. The maximum absolute atomic E-state index is 4.40. The van der Waals surface area contributed by atoms with Crippen LogP contribution in [0.5, 0.6) is 0 Å². The molecule has 0 fully saturated rings. The number of hydrogen-bond acceptors (Lipinski definition) is 1. The molecule has 0 atom stereocenters. The van der Waals surface area contributed by atoms with Gasteiger partial charge in [0.05, 0.1) is 22.5 Å². The Morgan fingerprint density at radius 1 is 0.442 bits per heavy atom. The molecule has 0 unspecified atom stereocenters. The summed E-state index contributed by atoms with van der Waals surface area (Å²) in [5.41, 5.74) is 27.0. The second-order valence-corrected chi connectivity index (χ2v) is 21.9. The lowest BCUT2D eigenvalue weighted by molar-refractivity contribution is 0.653. The van der Waals surface area contributed by atoms with Crippen LogP contribution in [0.3, 0.4) is 0 Å². The highest BCUT2D eigenvalue weighted by Gasteiger charge is 2.54. The maximum atomic E-state index is 4.40. The first kappa shape index (κ1) is 48.1. The molecule has 10 aromatic carbocycles. The van der Waals surface area contributed by atoms with Gasteiger partial charge in [-0.25, -0.2) is 0 Å². The van der Waals surface area contributed by atoms with E-state index in [4.69, 9.17) is 0 Å². The molecule has 0 saturated heterocycles. The number of benzene rings is 10. The van der Waals surface area contributed by atoms with Gasteiger partial charge in [-0.2, -0.15) is 0 Å². The SMILES string of the molecule is C=CC1=C(/C=C\C)C(C)(C)c2c1cccc2N1c2ccccc2C2(c3cc(B(c4ccccc4)c4ccccc4)ccc3B(c3c(C)cccc3C)c3ccc(B(c4ccccc4)c4ccccc4)cc32)c2ccccc21. The van der Waals surface area contributed by atoms with Crippen LogP contribution in [0, 0.1) is 13.8 Å². The van der Waals surface area contributed by atoms with Crippen LogP contribution in [-0.2, 0) is 10.8 Å². The van der Waals surface area contributed by atoms with E-state index in [-0.39, 0.29) is 25.6 Å². The number of fused-ring (bicyclic) bond motifs is 9. The third-order valence-corrected chi connectivity index (χ3v) is 17.4. The summed E-state index contributed by atoms with van der Waals surface area (Å²) in [6, 6.07) is 92.2. The molecule has 1 spiro atoms. The summed E-state index contributed by atoms with van der Waals surface area (Å²) >= 11 is 0. The van der Waals surface area contributed by atoms with Crippen molar-refractivity contribution in [3.63, 3.8) is 0 Å². The number of anilines is 3. The van der Waals surface area contributed by atoms with Gasteiger partial charge < -0.3 is 4.90 Å². The van der Waals surface area contributed by atoms with Crippen molar-refractivity contribution >= 4 is 91.9 Å². The molecular formula is C73H60B3N. The van der Waals surface area contributed by atoms with Crippen LogP contribution in [0.1, 0.15) is 65.3 Å². The Kier molecular flexibility index (Phi) is 12.0. The molecule has 0 saturated carbocycles. The fraction of sp³-hybridized carbons (Fsp3) is 0.0959. The second kappa shape index (κ2) is 19.2. The Labute approximate surface area is 457 Å². The predicted molar refractivity (Wildman–Crippen MR) is 334 cm³/mol. The summed E-state index contributed by atoms with van der Waals surface area (Å²) in [4.78, 5) is 2.61. The summed E-state index contributed by atoms with van der Waals surface area (Å²) in [5, 5.41) is 0. The van der Waals surface area contributed by atoms with Crippen LogP contribution < -0.4 is 54.1 Å². The quantitative estimate of drug-likeness (QED) is 0.123. The first-order valence-corrected chi connectivity index (χ1v) is 27.4. The lowest BCUT2D eigenvalue weighted by Crippen LogP contribution is -2.65. The van der Waals surface area contributed by atoms with E-state index in [1.165, 1.54) is 122 Å². The lowest BCUT2D eigenvalue weighted by atomic mass is 9.28. The highest BCUT2D eigenvalue weighted by molar-refractivity contribution is 6.99. The van der Waals surface area contributed by atoms with Crippen molar-refractivity contribution in [2.24, 2.45) is 0 Å². The molecule has 1 nitrogen and oxygen atoms in total. The van der Waals surface area contributed by atoms with E-state index in [0.717, 1.165) is 0 Å². The van der Waals surface area contributed by atoms with Gasteiger partial charge in [0.2, 0.25) is 20.1 Å². The molecule has 2 heterocycles. The number of para-hydroxylation sites is 2. The molecule has 0 amide bonds. The van der Waals surface area contributed by atoms with Gasteiger partial charge in [-0.3, -0.25) is 0 Å². The van der Waals surface area contributed by atoms with Crippen LogP contribution >= 0.6 is 0 Å². The van der Waals surface area contributed by atoms with Crippen molar-refractivity contribution in [2.45, 2.75) is 45.4 Å². The number of allylic oxidation sites excluding steroid dienone is 5. The van der Waals surface area contributed by atoms with Gasteiger partial charge in [0.15, 0.2) is 0 Å². The van der Waals surface area contributed by atoms with Crippen molar-refractivity contribution in [3.8, 4) is 0 Å². The Balaban J connectivity index is 1.18. The van der Waals surface area contributed by atoms with Gasteiger partial charge in [0, 0.05) is 5.41 Å². The van der Waals surface area contributed by atoms with Gasteiger partial charge >= 0.3 is 0 Å². The molecule has 0 radical (unpaired) electrons. The van der Waals surface area contributed by atoms with Gasteiger partial charge in [-0.05, 0) is 83.5 Å². The van der Waals surface area contributed by atoms with E-state index >= 15 is 0 Å². The first-order valence-electron chi connectivity index (χ1n) is 27.4. The summed E-state index contributed by atoms with van der Waals surface area (Å²) in [5.74, 6) is 0. The average Bonchev–Trinajstić information content (AvgIpc) is 3.72. The predicted octanol–water partition coefficient (Wildman–Crippen LogP) is 11.1.